The van der Waals surface area contributed by atoms with Crippen LogP contribution in [-0.2, 0) is 0 Å². The predicted molar refractivity (Wildman–Crippen MR) is 69.4 cm³/mol. The molecule has 0 unspecified atom stereocenters. The maximum atomic E-state index is 9.86. The molecular weight excluding hydrogens is 246 g/mol. The maximum absolute atomic E-state index is 9.86. The summed E-state index contributed by atoms with van der Waals surface area (Å²) in [5, 5.41) is 13.8. The highest BCUT2D eigenvalue weighted by Crippen LogP contribution is 2.32. The molecule has 1 saturated heterocycles. The first kappa shape index (κ1) is 11.8. The van der Waals surface area contributed by atoms with E-state index in [0.29, 0.717) is 23.2 Å². The van der Waals surface area contributed by atoms with Crippen molar-refractivity contribution in [3.63, 3.8) is 0 Å². The van der Waals surface area contributed by atoms with E-state index in [9.17, 15) is 5.11 Å². The molecule has 0 bridgehead atoms. The molecule has 0 atom stereocenters. The molecule has 0 saturated carbocycles. The summed E-state index contributed by atoms with van der Waals surface area (Å²) >= 11 is 0. The molecule has 0 aliphatic carbocycles. The van der Waals surface area contributed by atoms with Crippen molar-refractivity contribution in [2.75, 3.05) is 25.1 Å². The highest BCUT2D eigenvalue weighted by molar-refractivity contribution is 5.65. The van der Waals surface area contributed by atoms with Gasteiger partial charge in [-0.15, -0.1) is 0 Å². The molecule has 0 amide bonds. The summed E-state index contributed by atoms with van der Waals surface area (Å²) in [6.45, 7) is 1.89. The van der Waals surface area contributed by atoms with E-state index in [1.807, 2.05) is 0 Å². The summed E-state index contributed by atoms with van der Waals surface area (Å²) < 4.78 is 10.4. The summed E-state index contributed by atoms with van der Waals surface area (Å²) in [4.78, 5) is 6.40. The van der Waals surface area contributed by atoms with Gasteiger partial charge in [-0.1, -0.05) is 0 Å². The lowest BCUT2D eigenvalue weighted by Gasteiger charge is -2.09. The van der Waals surface area contributed by atoms with Gasteiger partial charge in [-0.25, -0.2) is 0 Å². The molecule has 6 nitrogen and oxygen atoms in total. The number of phenols is 1. The number of hydrogen-bond donors (Lipinski definition) is 1. The van der Waals surface area contributed by atoms with Crippen molar-refractivity contribution >= 4 is 5.95 Å². The Balaban J connectivity index is 1.93. The van der Waals surface area contributed by atoms with E-state index in [2.05, 4.69) is 15.0 Å². The van der Waals surface area contributed by atoms with Crippen molar-refractivity contribution in [1.29, 1.82) is 0 Å². The third kappa shape index (κ3) is 2.21. The third-order valence-electron chi connectivity index (χ3n) is 3.24. The molecule has 0 spiro atoms. The van der Waals surface area contributed by atoms with Gasteiger partial charge < -0.3 is 19.3 Å². The predicted octanol–water partition coefficient (Wildman–Crippen LogP) is 2.05. The fraction of sp³-hybridized carbons (Fsp3) is 0.385. The first-order valence-electron chi connectivity index (χ1n) is 6.24. The van der Waals surface area contributed by atoms with Crippen molar-refractivity contribution in [1.82, 2.24) is 10.1 Å². The smallest absolute Gasteiger partial charge is 0.266 e. The molecule has 6 heteroatoms. The normalized spacial score (nSPS) is 14.9. The Morgan fingerprint density at radius 1 is 1.32 bits per heavy atom. The summed E-state index contributed by atoms with van der Waals surface area (Å²) in [5.41, 5.74) is 0.484. The van der Waals surface area contributed by atoms with Crippen LogP contribution in [0.4, 0.5) is 5.95 Å². The number of anilines is 1. The maximum Gasteiger partial charge on any atom is 0.266 e. The monoisotopic (exact) mass is 261 g/mol. The van der Waals surface area contributed by atoms with Gasteiger partial charge in [-0.3, -0.25) is 0 Å². The van der Waals surface area contributed by atoms with E-state index in [1.165, 1.54) is 0 Å². The van der Waals surface area contributed by atoms with Gasteiger partial charge in [-0.05, 0) is 36.2 Å². The molecule has 1 aliphatic rings. The van der Waals surface area contributed by atoms with Crippen LogP contribution >= 0.6 is 0 Å². The van der Waals surface area contributed by atoms with Gasteiger partial charge >= 0.3 is 0 Å². The zero-order valence-corrected chi connectivity index (χ0v) is 10.7. The Bertz CT molecular complexity index is 576. The number of nitrogens with zero attached hydrogens (tertiary/aromatic N) is 3. The highest BCUT2D eigenvalue weighted by Gasteiger charge is 2.20. The van der Waals surface area contributed by atoms with Crippen LogP contribution < -0.4 is 9.64 Å². The van der Waals surface area contributed by atoms with Crippen LogP contribution in [0.2, 0.25) is 0 Å². The molecule has 19 heavy (non-hydrogen) atoms. The van der Waals surface area contributed by atoms with Crippen molar-refractivity contribution in [2.45, 2.75) is 12.8 Å². The molecule has 100 valence electrons. The SMILES string of the molecule is COc1ccc(O)c(-c2nc(N3CCCC3)no2)c1. The van der Waals surface area contributed by atoms with Crippen LogP contribution in [0.3, 0.4) is 0 Å². The second-order valence-corrected chi connectivity index (χ2v) is 4.48. The van der Waals surface area contributed by atoms with Crippen LogP contribution in [-0.4, -0.2) is 35.4 Å². The summed E-state index contributed by atoms with van der Waals surface area (Å²) in [6.07, 6.45) is 2.29. The quantitative estimate of drug-likeness (QED) is 0.911. The van der Waals surface area contributed by atoms with Crippen LogP contribution in [0.1, 0.15) is 12.8 Å². The average Bonchev–Trinajstić information content (AvgIpc) is 3.10. The molecule has 1 aromatic heterocycles. The first-order chi connectivity index (χ1) is 9.28. The summed E-state index contributed by atoms with van der Waals surface area (Å²) in [6, 6.07) is 4.90. The van der Waals surface area contributed by atoms with Gasteiger partial charge in [0.25, 0.3) is 11.8 Å². The van der Waals surface area contributed by atoms with Crippen molar-refractivity contribution < 1.29 is 14.4 Å². The Morgan fingerprint density at radius 2 is 2.11 bits per heavy atom. The molecule has 0 radical (unpaired) electrons. The number of hydrogen-bond acceptors (Lipinski definition) is 6. The molecular formula is C13H15N3O3. The standard InChI is InChI=1S/C13H15N3O3/c1-18-9-4-5-11(17)10(8-9)12-14-13(15-19-12)16-6-2-3-7-16/h4-5,8,17H,2-3,6-7H2,1H3. The van der Waals surface area contributed by atoms with Gasteiger partial charge in [0.05, 0.1) is 12.7 Å². The van der Waals surface area contributed by atoms with E-state index in [4.69, 9.17) is 9.26 Å². The minimum Gasteiger partial charge on any atom is -0.507 e. The third-order valence-corrected chi connectivity index (χ3v) is 3.24. The number of methoxy groups -OCH3 is 1. The Morgan fingerprint density at radius 3 is 2.84 bits per heavy atom. The van der Waals surface area contributed by atoms with Gasteiger partial charge in [0.1, 0.15) is 11.5 Å². The second kappa shape index (κ2) is 4.79. The fourth-order valence-corrected chi connectivity index (χ4v) is 2.18. The highest BCUT2D eigenvalue weighted by atomic mass is 16.5. The number of rotatable bonds is 3. The lowest BCUT2D eigenvalue weighted by atomic mass is 10.2. The topological polar surface area (TPSA) is 71.6 Å². The zero-order valence-electron chi connectivity index (χ0n) is 10.7. The Hall–Kier alpha value is -2.24. The van der Waals surface area contributed by atoms with Crippen LogP contribution in [0.25, 0.3) is 11.5 Å². The van der Waals surface area contributed by atoms with Gasteiger partial charge in [0, 0.05) is 13.1 Å². The minimum absolute atomic E-state index is 0.0948. The second-order valence-electron chi connectivity index (χ2n) is 4.48. The van der Waals surface area contributed by atoms with Crippen LogP contribution in [0.5, 0.6) is 11.5 Å². The van der Waals surface area contributed by atoms with E-state index in [1.54, 1.807) is 25.3 Å². The summed E-state index contributed by atoms with van der Waals surface area (Å²) in [5.74, 6) is 1.61. The number of ether oxygens (including phenoxy) is 1. The lowest BCUT2D eigenvalue weighted by molar-refractivity contribution is 0.408. The number of benzene rings is 1. The van der Waals surface area contributed by atoms with E-state index in [0.717, 1.165) is 25.9 Å². The molecule has 1 aliphatic heterocycles. The summed E-state index contributed by atoms with van der Waals surface area (Å²) in [7, 11) is 1.57. The lowest BCUT2D eigenvalue weighted by Crippen LogP contribution is -2.18. The zero-order chi connectivity index (χ0) is 13.2. The number of aromatic hydroxyl groups is 1. The molecule has 1 aromatic carbocycles. The van der Waals surface area contributed by atoms with Crippen LogP contribution in [0, 0.1) is 0 Å². The van der Waals surface area contributed by atoms with Gasteiger partial charge in [-0.2, -0.15) is 4.98 Å². The van der Waals surface area contributed by atoms with Gasteiger partial charge in [0.15, 0.2) is 0 Å². The van der Waals surface area contributed by atoms with Crippen molar-refractivity contribution in [3.8, 4) is 23.0 Å². The van der Waals surface area contributed by atoms with Crippen molar-refractivity contribution in [3.05, 3.63) is 18.2 Å². The molecule has 2 heterocycles. The van der Waals surface area contributed by atoms with E-state index in [-0.39, 0.29) is 5.75 Å². The Kier molecular flexibility index (Phi) is 2.98. The van der Waals surface area contributed by atoms with E-state index < -0.39 is 0 Å². The minimum atomic E-state index is 0.0948. The molecule has 1 N–H and O–H groups in total. The van der Waals surface area contributed by atoms with Crippen molar-refractivity contribution in [2.24, 2.45) is 0 Å². The number of aromatic nitrogens is 2. The van der Waals surface area contributed by atoms with Crippen LogP contribution in [0.15, 0.2) is 22.7 Å². The van der Waals surface area contributed by atoms with E-state index >= 15 is 0 Å². The van der Waals surface area contributed by atoms with Gasteiger partial charge in [0.2, 0.25) is 0 Å². The number of phenolic OH excluding ortho intramolecular Hbond substituents is 1. The largest absolute Gasteiger partial charge is 0.507 e. The molecule has 1 fully saturated rings. The fourth-order valence-electron chi connectivity index (χ4n) is 2.18. The molecule has 2 aromatic rings. The Labute approximate surface area is 110 Å². The molecule has 3 rings (SSSR count). The average molecular weight is 261 g/mol. The first-order valence-corrected chi connectivity index (χ1v) is 6.24.